The van der Waals surface area contributed by atoms with E-state index in [2.05, 4.69) is 16.0 Å². The molecule has 0 aromatic rings. The number of likely N-dealkylation sites (N-methyl/N-ethyl adjacent to an activating group) is 2. The van der Waals surface area contributed by atoms with E-state index >= 15 is 0 Å². The highest BCUT2D eigenvalue weighted by atomic mass is 16.2. The second kappa shape index (κ2) is 11.4. The van der Waals surface area contributed by atoms with Gasteiger partial charge < -0.3 is 16.0 Å². The molecule has 0 saturated carbocycles. The summed E-state index contributed by atoms with van der Waals surface area (Å²) in [6.07, 6.45) is 3.19. The van der Waals surface area contributed by atoms with Crippen LogP contribution >= 0.6 is 0 Å². The van der Waals surface area contributed by atoms with Crippen molar-refractivity contribution in [3.63, 3.8) is 0 Å². The van der Waals surface area contributed by atoms with E-state index in [1.54, 1.807) is 14.1 Å². The van der Waals surface area contributed by atoms with Gasteiger partial charge in [0.05, 0.1) is 12.1 Å². The molecule has 0 aliphatic rings. The van der Waals surface area contributed by atoms with Crippen LogP contribution in [0.5, 0.6) is 0 Å². The predicted molar refractivity (Wildman–Crippen MR) is 83.2 cm³/mol. The first-order valence-corrected chi connectivity index (χ1v) is 7.60. The van der Waals surface area contributed by atoms with E-state index in [0.29, 0.717) is 13.0 Å². The van der Waals surface area contributed by atoms with E-state index in [1.165, 1.54) is 6.92 Å². The summed E-state index contributed by atoms with van der Waals surface area (Å²) in [4.78, 5) is 34.4. The third-order valence-electron chi connectivity index (χ3n) is 3.56. The van der Waals surface area contributed by atoms with Crippen molar-refractivity contribution in [3.05, 3.63) is 0 Å². The zero-order valence-corrected chi connectivity index (χ0v) is 13.6. The molecule has 0 bridgehead atoms. The van der Waals surface area contributed by atoms with Crippen LogP contribution in [0.1, 0.15) is 46.0 Å². The number of carbonyl (C=O) groups excluding carboxylic acids is 3. The average Bonchev–Trinajstić information content (AvgIpc) is 2.47. The van der Waals surface area contributed by atoms with E-state index < -0.39 is 6.04 Å². The Hall–Kier alpha value is -1.27. The highest BCUT2D eigenvalue weighted by molar-refractivity contribution is 5.88. The van der Waals surface area contributed by atoms with Crippen LogP contribution in [0, 0.1) is 0 Å². The summed E-state index contributed by atoms with van der Waals surface area (Å²) < 4.78 is 0. The molecule has 6 heteroatoms. The van der Waals surface area contributed by atoms with E-state index in [1.807, 2.05) is 6.92 Å². The fourth-order valence-corrected chi connectivity index (χ4v) is 2.12. The van der Waals surface area contributed by atoms with Gasteiger partial charge in [-0.05, 0) is 40.3 Å². The molecule has 0 aromatic heterocycles. The monoisotopic (exact) mass is 299 g/mol. The summed E-state index contributed by atoms with van der Waals surface area (Å²) in [7, 11) is 3.46. The maximum absolute atomic E-state index is 11.7. The van der Waals surface area contributed by atoms with E-state index in [-0.39, 0.29) is 29.9 Å². The maximum atomic E-state index is 11.7. The largest absolute Gasteiger partial charge is 0.356 e. The number of Topliss-reactive ketones (excluding diaryl/α,β-unsaturated/α-hetero) is 2. The third-order valence-corrected chi connectivity index (χ3v) is 3.56. The minimum atomic E-state index is -0.416. The number of ketones is 2. The maximum Gasteiger partial charge on any atom is 0.222 e. The molecule has 3 N–H and O–H groups in total. The first-order valence-electron chi connectivity index (χ1n) is 7.60. The minimum absolute atomic E-state index is 0.0393. The summed E-state index contributed by atoms with van der Waals surface area (Å²) >= 11 is 0. The number of hydrogen-bond donors (Lipinski definition) is 3. The molecule has 0 rings (SSSR count). The lowest BCUT2D eigenvalue weighted by Gasteiger charge is -2.14. The van der Waals surface area contributed by atoms with E-state index in [4.69, 9.17) is 0 Å². The van der Waals surface area contributed by atoms with Crippen molar-refractivity contribution in [3.8, 4) is 0 Å². The number of amides is 1. The Kier molecular flexibility index (Phi) is 10.7. The Morgan fingerprint density at radius 1 is 1.00 bits per heavy atom. The van der Waals surface area contributed by atoms with Gasteiger partial charge in [-0.3, -0.25) is 14.4 Å². The van der Waals surface area contributed by atoms with Crippen LogP contribution in [0.25, 0.3) is 0 Å². The number of hydrogen-bond acceptors (Lipinski definition) is 5. The molecular weight excluding hydrogens is 270 g/mol. The summed E-state index contributed by atoms with van der Waals surface area (Å²) in [6.45, 7) is 3.90. The Bertz CT molecular complexity index is 345. The molecule has 1 amide bonds. The van der Waals surface area contributed by atoms with Gasteiger partial charge >= 0.3 is 0 Å². The number of rotatable bonds is 12. The fraction of sp³-hybridized carbons (Fsp3) is 0.800. The lowest BCUT2D eigenvalue weighted by atomic mass is 10.0. The second-order valence-electron chi connectivity index (χ2n) is 5.16. The van der Waals surface area contributed by atoms with Gasteiger partial charge in [-0.1, -0.05) is 6.92 Å². The van der Waals surface area contributed by atoms with Gasteiger partial charge in [0.2, 0.25) is 5.91 Å². The van der Waals surface area contributed by atoms with Crippen LogP contribution in [0.3, 0.4) is 0 Å². The van der Waals surface area contributed by atoms with E-state index in [9.17, 15) is 14.4 Å². The van der Waals surface area contributed by atoms with Gasteiger partial charge in [0, 0.05) is 19.4 Å². The summed E-state index contributed by atoms with van der Waals surface area (Å²) in [5, 5.41) is 8.64. The van der Waals surface area contributed by atoms with Crippen LogP contribution in [-0.4, -0.2) is 50.2 Å². The van der Waals surface area contributed by atoms with Crippen LogP contribution in [0.2, 0.25) is 0 Å². The quantitative estimate of drug-likeness (QED) is 0.454. The highest BCUT2D eigenvalue weighted by Gasteiger charge is 2.16. The molecule has 0 heterocycles. The SMILES string of the molecule is CCC(=O)C(CCCCNC(=O)C[C@H](NC)C(C)=O)NC. The van der Waals surface area contributed by atoms with Crippen molar-refractivity contribution in [1.29, 1.82) is 0 Å². The molecule has 0 aliphatic heterocycles. The molecule has 122 valence electrons. The van der Waals surface area contributed by atoms with Crippen molar-refractivity contribution in [2.45, 2.75) is 58.0 Å². The predicted octanol–water partition coefficient (Wildman–Crippen LogP) is 0.407. The molecular formula is C15H29N3O3. The molecule has 1 unspecified atom stereocenters. The van der Waals surface area contributed by atoms with Crippen molar-refractivity contribution in [2.75, 3.05) is 20.6 Å². The molecule has 0 spiro atoms. The van der Waals surface area contributed by atoms with Gasteiger partial charge in [-0.15, -0.1) is 0 Å². The van der Waals surface area contributed by atoms with Crippen LogP contribution in [0.4, 0.5) is 0 Å². The molecule has 0 aliphatic carbocycles. The molecule has 0 saturated heterocycles. The topological polar surface area (TPSA) is 87.3 Å². The van der Waals surface area contributed by atoms with Gasteiger partial charge in [0.1, 0.15) is 11.6 Å². The summed E-state index contributed by atoms with van der Waals surface area (Å²) in [5.41, 5.74) is 0. The lowest BCUT2D eigenvalue weighted by Crippen LogP contribution is -2.38. The molecule has 2 atom stereocenters. The number of nitrogens with one attached hydrogen (secondary N) is 3. The average molecular weight is 299 g/mol. The summed E-state index contributed by atoms with van der Waals surface area (Å²) in [5.74, 6) is 0.0572. The first-order chi connectivity index (χ1) is 9.96. The highest BCUT2D eigenvalue weighted by Crippen LogP contribution is 2.03. The lowest BCUT2D eigenvalue weighted by molar-refractivity contribution is -0.126. The molecule has 0 radical (unpaired) electrons. The van der Waals surface area contributed by atoms with Gasteiger partial charge in [0.15, 0.2) is 0 Å². The van der Waals surface area contributed by atoms with Gasteiger partial charge in [-0.25, -0.2) is 0 Å². The zero-order valence-electron chi connectivity index (χ0n) is 13.6. The van der Waals surface area contributed by atoms with Gasteiger partial charge in [0.25, 0.3) is 0 Å². The van der Waals surface area contributed by atoms with Crippen molar-refractivity contribution in [1.82, 2.24) is 16.0 Å². The Morgan fingerprint density at radius 3 is 2.10 bits per heavy atom. The first kappa shape index (κ1) is 19.7. The molecule has 6 nitrogen and oxygen atoms in total. The number of carbonyl (C=O) groups is 3. The van der Waals surface area contributed by atoms with Crippen LogP contribution in [0.15, 0.2) is 0 Å². The van der Waals surface area contributed by atoms with Gasteiger partial charge in [-0.2, -0.15) is 0 Å². The molecule has 0 fully saturated rings. The Morgan fingerprint density at radius 2 is 1.62 bits per heavy atom. The molecule has 0 aromatic carbocycles. The fourth-order valence-electron chi connectivity index (χ4n) is 2.12. The molecule has 21 heavy (non-hydrogen) atoms. The summed E-state index contributed by atoms with van der Waals surface area (Å²) in [6, 6.07) is -0.502. The number of unbranched alkanes of at least 4 members (excludes halogenated alkanes) is 1. The zero-order chi connectivity index (χ0) is 16.3. The van der Waals surface area contributed by atoms with Crippen LogP contribution < -0.4 is 16.0 Å². The van der Waals surface area contributed by atoms with Crippen molar-refractivity contribution in [2.24, 2.45) is 0 Å². The van der Waals surface area contributed by atoms with Crippen LogP contribution in [-0.2, 0) is 14.4 Å². The van der Waals surface area contributed by atoms with Crippen molar-refractivity contribution >= 4 is 17.5 Å². The van der Waals surface area contributed by atoms with Crippen molar-refractivity contribution < 1.29 is 14.4 Å². The normalized spacial score (nSPS) is 13.5. The second-order valence-corrected chi connectivity index (χ2v) is 5.16. The standard InChI is InChI=1S/C15H29N3O3/c1-5-14(20)12(16-3)8-6-7-9-18-15(21)10-13(17-4)11(2)19/h12-13,16-17H,5-10H2,1-4H3,(H,18,21)/t12?,13-/m0/s1. The minimum Gasteiger partial charge on any atom is -0.356 e. The van der Waals surface area contributed by atoms with E-state index in [0.717, 1.165) is 19.3 Å². The third kappa shape index (κ3) is 8.57. The smallest absolute Gasteiger partial charge is 0.222 e. The Balaban J connectivity index is 3.82. The Labute approximate surface area is 127 Å².